The highest BCUT2D eigenvalue weighted by Gasteiger charge is 2.16. The predicted molar refractivity (Wildman–Crippen MR) is 102 cm³/mol. The van der Waals surface area contributed by atoms with E-state index in [-0.39, 0.29) is 24.0 Å². The lowest BCUT2D eigenvalue weighted by Crippen LogP contribution is -2.36. The third kappa shape index (κ3) is 5.01. The molecule has 0 aliphatic heterocycles. The second kappa shape index (κ2) is 8.59. The van der Waals surface area contributed by atoms with Crippen molar-refractivity contribution in [2.75, 3.05) is 6.54 Å². The fraction of sp³-hybridized carbons (Fsp3) is 0.105. The highest BCUT2D eigenvalue weighted by Crippen LogP contribution is 2.18. The van der Waals surface area contributed by atoms with Gasteiger partial charge in [0.05, 0.1) is 16.7 Å². The maximum atomic E-state index is 13.0. The van der Waals surface area contributed by atoms with Gasteiger partial charge in [0.2, 0.25) is 5.91 Å². The fourth-order valence-electron chi connectivity index (χ4n) is 2.34. The molecule has 1 aromatic heterocycles. The molecule has 3 rings (SSSR count). The number of benzene rings is 2. The predicted octanol–water partition coefficient (Wildman–Crippen LogP) is 2.82. The number of hydrogen-bond donors (Lipinski definition) is 2. The lowest BCUT2D eigenvalue weighted by atomic mass is 10.2. The number of amides is 2. The Bertz CT molecular complexity index is 942. The lowest BCUT2D eigenvalue weighted by molar-refractivity contribution is -0.120. The molecule has 0 aliphatic rings. The molecule has 3 aromatic rings. The fourth-order valence-corrected chi connectivity index (χ4v) is 2.79. The zero-order valence-corrected chi connectivity index (χ0v) is 15.7. The van der Waals surface area contributed by atoms with E-state index in [0.717, 1.165) is 5.56 Å². The Hall–Kier alpha value is -3.00. The van der Waals surface area contributed by atoms with Crippen LogP contribution in [0.1, 0.15) is 16.1 Å². The molecular weight excluding hydrogens is 415 g/mol. The van der Waals surface area contributed by atoms with Gasteiger partial charge in [0.25, 0.3) is 5.91 Å². The molecule has 8 heteroatoms. The van der Waals surface area contributed by atoms with E-state index in [9.17, 15) is 14.0 Å². The summed E-state index contributed by atoms with van der Waals surface area (Å²) in [7, 11) is 0. The number of nitrogens with zero attached hydrogens (tertiary/aromatic N) is 2. The van der Waals surface area contributed by atoms with Gasteiger partial charge in [-0.1, -0.05) is 30.3 Å². The number of aromatic nitrogens is 2. The Morgan fingerprint density at radius 3 is 2.44 bits per heavy atom. The molecular formula is C19H16BrFN4O2. The van der Waals surface area contributed by atoms with E-state index in [4.69, 9.17) is 0 Å². The average molecular weight is 431 g/mol. The van der Waals surface area contributed by atoms with Crippen molar-refractivity contribution < 1.29 is 14.0 Å². The van der Waals surface area contributed by atoms with Gasteiger partial charge in [0.1, 0.15) is 5.82 Å². The van der Waals surface area contributed by atoms with Crippen LogP contribution in [-0.4, -0.2) is 28.1 Å². The molecule has 2 N–H and O–H groups in total. The van der Waals surface area contributed by atoms with Crippen molar-refractivity contribution in [2.45, 2.75) is 6.54 Å². The van der Waals surface area contributed by atoms with E-state index in [1.165, 1.54) is 16.8 Å². The first kappa shape index (κ1) is 18.8. The number of rotatable bonds is 6. The Morgan fingerprint density at radius 1 is 1.04 bits per heavy atom. The van der Waals surface area contributed by atoms with E-state index in [2.05, 4.69) is 31.7 Å². The number of halogens is 2. The summed E-state index contributed by atoms with van der Waals surface area (Å²) in [5, 5.41) is 9.45. The first-order valence-electron chi connectivity index (χ1n) is 8.13. The average Bonchev–Trinajstić information content (AvgIpc) is 3.07. The summed E-state index contributed by atoms with van der Waals surface area (Å²) >= 11 is 3.28. The number of carbonyl (C=O) groups excluding carboxylic acids is 2. The van der Waals surface area contributed by atoms with Gasteiger partial charge in [-0.3, -0.25) is 9.59 Å². The van der Waals surface area contributed by atoms with Crippen LogP contribution in [0.3, 0.4) is 0 Å². The minimum Gasteiger partial charge on any atom is -0.350 e. The van der Waals surface area contributed by atoms with Crippen LogP contribution >= 0.6 is 15.9 Å². The monoisotopic (exact) mass is 430 g/mol. The third-order valence-electron chi connectivity index (χ3n) is 3.72. The van der Waals surface area contributed by atoms with Gasteiger partial charge in [-0.15, -0.1) is 0 Å². The first-order valence-corrected chi connectivity index (χ1v) is 8.92. The second-order valence-electron chi connectivity index (χ2n) is 5.69. The van der Waals surface area contributed by atoms with E-state index < -0.39 is 5.91 Å². The van der Waals surface area contributed by atoms with Gasteiger partial charge >= 0.3 is 0 Å². The molecule has 0 saturated heterocycles. The van der Waals surface area contributed by atoms with Gasteiger partial charge < -0.3 is 10.6 Å². The zero-order valence-electron chi connectivity index (χ0n) is 14.2. The molecule has 0 atom stereocenters. The summed E-state index contributed by atoms with van der Waals surface area (Å²) in [6.07, 6.45) is 1.59. The van der Waals surface area contributed by atoms with E-state index in [1.54, 1.807) is 18.3 Å². The Balaban J connectivity index is 1.56. The summed E-state index contributed by atoms with van der Waals surface area (Å²) < 4.78 is 14.9. The maximum absolute atomic E-state index is 13.0. The van der Waals surface area contributed by atoms with Crippen LogP contribution in [0.4, 0.5) is 4.39 Å². The molecule has 2 amide bonds. The van der Waals surface area contributed by atoms with E-state index in [1.807, 2.05) is 30.3 Å². The molecule has 0 unspecified atom stereocenters. The molecule has 0 saturated carbocycles. The molecule has 0 radical (unpaired) electrons. The van der Waals surface area contributed by atoms with Crippen LogP contribution in [0.15, 0.2) is 65.3 Å². The van der Waals surface area contributed by atoms with Crippen molar-refractivity contribution in [1.82, 2.24) is 20.4 Å². The van der Waals surface area contributed by atoms with Crippen molar-refractivity contribution in [3.8, 4) is 5.69 Å². The Kier molecular flexibility index (Phi) is 5.97. The molecule has 2 aromatic carbocycles. The molecule has 138 valence electrons. The normalized spacial score (nSPS) is 10.4. The summed E-state index contributed by atoms with van der Waals surface area (Å²) in [5.74, 6) is -1.15. The minimum atomic E-state index is -0.488. The van der Waals surface area contributed by atoms with Crippen LogP contribution < -0.4 is 10.6 Å². The number of carbonyl (C=O) groups is 2. The van der Waals surface area contributed by atoms with Gasteiger partial charge in [-0.2, -0.15) is 5.10 Å². The minimum absolute atomic E-state index is 0.134. The van der Waals surface area contributed by atoms with Crippen molar-refractivity contribution in [2.24, 2.45) is 0 Å². The van der Waals surface area contributed by atoms with Gasteiger partial charge in [0, 0.05) is 12.7 Å². The Morgan fingerprint density at radius 2 is 1.74 bits per heavy atom. The van der Waals surface area contributed by atoms with Crippen LogP contribution in [0.5, 0.6) is 0 Å². The molecule has 0 spiro atoms. The van der Waals surface area contributed by atoms with Crippen LogP contribution in [0.2, 0.25) is 0 Å². The largest absolute Gasteiger partial charge is 0.350 e. The standard InChI is InChI=1S/C19H16BrFN4O2/c20-16-12-25(15-8-6-14(21)7-9-15)24-18(16)19(27)23-11-17(26)22-10-13-4-2-1-3-5-13/h1-9,12H,10-11H2,(H,22,26)(H,23,27). The molecule has 6 nitrogen and oxygen atoms in total. The highest BCUT2D eigenvalue weighted by molar-refractivity contribution is 9.10. The van der Waals surface area contributed by atoms with Crippen molar-refractivity contribution in [3.63, 3.8) is 0 Å². The molecule has 0 fully saturated rings. The topological polar surface area (TPSA) is 76.0 Å². The SMILES string of the molecule is O=C(CNC(=O)c1nn(-c2ccc(F)cc2)cc1Br)NCc1ccccc1. The smallest absolute Gasteiger partial charge is 0.273 e. The maximum Gasteiger partial charge on any atom is 0.273 e. The van der Waals surface area contributed by atoms with Gasteiger partial charge in [0.15, 0.2) is 5.69 Å². The number of nitrogens with one attached hydrogen (secondary N) is 2. The van der Waals surface area contributed by atoms with Crippen molar-refractivity contribution in [1.29, 1.82) is 0 Å². The van der Waals surface area contributed by atoms with Crippen molar-refractivity contribution in [3.05, 3.63) is 82.3 Å². The second-order valence-corrected chi connectivity index (χ2v) is 6.55. The van der Waals surface area contributed by atoms with Crippen LogP contribution in [0.25, 0.3) is 5.69 Å². The highest BCUT2D eigenvalue weighted by atomic mass is 79.9. The van der Waals surface area contributed by atoms with Gasteiger partial charge in [-0.25, -0.2) is 9.07 Å². The molecule has 0 bridgehead atoms. The summed E-state index contributed by atoms with van der Waals surface area (Å²) in [5.41, 5.74) is 1.71. The zero-order chi connectivity index (χ0) is 19.2. The summed E-state index contributed by atoms with van der Waals surface area (Å²) in [4.78, 5) is 24.2. The molecule has 27 heavy (non-hydrogen) atoms. The summed E-state index contributed by atoms with van der Waals surface area (Å²) in [6, 6.07) is 15.2. The molecule has 0 aliphatic carbocycles. The lowest BCUT2D eigenvalue weighted by Gasteiger charge is -2.06. The Labute approximate surface area is 163 Å². The summed E-state index contributed by atoms with van der Waals surface area (Å²) in [6.45, 7) is 0.222. The molecule has 1 heterocycles. The van der Waals surface area contributed by atoms with Crippen molar-refractivity contribution >= 4 is 27.7 Å². The van der Waals surface area contributed by atoms with Crippen LogP contribution in [0, 0.1) is 5.82 Å². The van der Waals surface area contributed by atoms with E-state index >= 15 is 0 Å². The van der Waals surface area contributed by atoms with Gasteiger partial charge in [-0.05, 0) is 45.8 Å². The first-order chi connectivity index (χ1) is 13.0. The third-order valence-corrected chi connectivity index (χ3v) is 4.30. The number of hydrogen-bond acceptors (Lipinski definition) is 3. The quantitative estimate of drug-likeness (QED) is 0.631. The van der Waals surface area contributed by atoms with E-state index in [0.29, 0.717) is 16.7 Å². The van der Waals surface area contributed by atoms with Crippen LogP contribution in [-0.2, 0) is 11.3 Å².